The minimum Gasteiger partial charge on any atom is -0.383 e. The number of aromatic nitrogens is 5. The molecule has 0 aliphatic rings. The van der Waals surface area contributed by atoms with E-state index in [1.54, 1.807) is 19.4 Å². The van der Waals surface area contributed by atoms with Crippen molar-refractivity contribution >= 4 is 10.9 Å². The zero-order valence-corrected chi connectivity index (χ0v) is 14.6. The molecule has 0 aliphatic heterocycles. The molecule has 4 aromatic rings. The van der Waals surface area contributed by atoms with Gasteiger partial charge in [-0.25, -0.2) is 0 Å². The van der Waals surface area contributed by atoms with Crippen molar-refractivity contribution in [1.82, 2.24) is 24.7 Å². The van der Waals surface area contributed by atoms with E-state index in [4.69, 9.17) is 4.74 Å². The third kappa shape index (κ3) is 3.46. The van der Waals surface area contributed by atoms with Crippen LogP contribution in [-0.4, -0.2) is 38.4 Å². The van der Waals surface area contributed by atoms with Crippen LogP contribution in [0.1, 0.15) is 5.89 Å². The van der Waals surface area contributed by atoms with Crippen molar-refractivity contribution in [2.45, 2.75) is 12.7 Å². The van der Waals surface area contributed by atoms with Crippen molar-refractivity contribution in [3.8, 4) is 22.8 Å². The van der Waals surface area contributed by atoms with Gasteiger partial charge in [-0.05, 0) is 24.3 Å². The van der Waals surface area contributed by atoms with Crippen LogP contribution in [0.25, 0.3) is 33.7 Å². The minimum absolute atomic E-state index is 0.166. The maximum absolute atomic E-state index is 12.7. The number of hydrogen-bond acceptors (Lipinski definition) is 6. The highest BCUT2D eigenvalue weighted by atomic mass is 19.4. The first-order valence-electron chi connectivity index (χ1n) is 8.27. The van der Waals surface area contributed by atoms with Crippen LogP contribution in [-0.2, 0) is 17.5 Å². The molecule has 4 aromatic heterocycles. The molecular formula is C18H14F3N5O2. The van der Waals surface area contributed by atoms with Gasteiger partial charge in [-0.15, -0.1) is 0 Å². The Morgan fingerprint density at radius 2 is 1.96 bits per heavy atom. The van der Waals surface area contributed by atoms with E-state index < -0.39 is 12.1 Å². The van der Waals surface area contributed by atoms with Gasteiger partial charge in [0.1, 0.15) is 0 Å². The quantitative estimate of drug-likeness (QED) is 0.516. The summed E-state index contributed by atoms with van der Waals surface area (Å²) < 4.78 is 49.5. The van der Waals surface area contributed by atoms with Gasteiger partial charge in [0, 0.05) is 43.2 Å². The monoisotopic (exact) mass is 389 g/mol. The largest absolute Gasteiger partial charge is 0.471 e. The molecule has 0 aliphatic carbocycles. The molecule has 0 saturated carbocycles. The van der Waals surface area contributed by atoms with Gasteiger partial charge >= 0.3 is 12.1 Å². The highest BCUT2D eigenvalue weighted by Gasteiger charge is 2.38. The van der Waals surface area contributed by atoms with E-state index >= 15 is 0 Å². The molecule has 144 valence electrons. The number of fused-ring (bicyclic) bond motifs is 1. The lowest BCUT2D eigenvalue weighted by Crippen LogP contribution is -2.04. The molecular weight excluding hydrogens is 375 g/mol. The minimum atomic E-state index is -4.69. The van der Waals surface area contributed by atoms with Crippen LogP contribution < -0.4 is 0 Å². The van der Waals surface area contributed by atoms with Gasteiger partial charge in [-0.3, -0.25) is 9.97 Å². The Kier molecular flexibility index (Phi) is 4.55. The van der Waals surface area contributed by atoms with E-state index in [9.17, 15) is 13.2 Å². The Morgan fingerprint density at radius 3 is 2.71 bits per heavy atom. The fraction of sp³-hybridized carbons (Fsp3) is 0.222. The van der Waals surface area contributed by atoms with Crippen LogP contribution in [0.15, 0.2) is 47.4 Å². The molecule has 4 heterocycles. The number of rotatable bonds is 5. The maximum atomic E-state index is 12.7. The molecule has 0 unspecified atom stereocenters. The summed E-state index contributed by atoms with van der Waals surface area (Å²) >= 11 is 0. The first-order valence-corrected chi connectivity index (χ1v) is 8.27. The van der Waals surface area contributed by atoms with Crippen molar-refractivity contribution in [1.29, 1.82) is 0 Å². The van der Waals surface area contributed by atoms with Gasteiger partial charge in [-0.1, -0.05) is 5.16 Å². The third-order valence-corrected chi connectivity index (χ3v) is 4.14. The molecule has 0 amide bonds. The molecule has 10 heteroatoms. The van der Waals surface area contributed by atoms with Crippen LogP contribution in [0.3, 0.4) is 0 Å². The summed E-state index contributed by atoms with van der Waals surface area (Å²) in [5, 5.41) is 4.37. The van der Waals surface area contributed by atoms with E-state index in [1.165, 1.54) is 12.3 Å². The van der Waals surface area contributed by atoms with Gasteiger partial charge in [0.25, 0.3) is 0 Å². The second kappa shape index (κ2) is 7.04. The molecule has 0 bridgehead atoms. The molecule has 0 fully saturated rings. The lowest BCUT2D eigenvalue weighted by atomic mass is 10.1. The Hall–Kier alpha value is -3.27. The zero-order valence-electron chi connectivity index (χ0n) is 14.6. The summed E-state index contributed by atoms with van der Waals surface area (Å²) in [5.41, 5.74) is 2.36. The molecule has 0 saturated heterocycles. The first kappa shape index (κ1) is 18.1. The van der Waals surface area contributed by atoms with Gasteiger partial charge < -0.3 is 13.8 Å². The second-order valence-corrected chi connectivity index (χ2v) is 5.98. The lowest BCUT2D eigenvalue weighted by molar-refractivity contribution is -0.159. The molecule has 0 radical (unpaired) electrons. The normalized spacial score (nSPS) is 12.0. The molecule has 7 nitrogen and oxygen atoms in total. The Bertz CT molecular complexity index is 1120. The molecule has 0 aromatic carbocycles. The number of nitrogens with zero attached hydrogens (tertiary/aromatic N) is 5. The van der Waals surface area contributed by atoms with Crippen molar-refractivity contribution in [3.05, 3.63) is 48.7 Å². The summed E-state index contributed by atoms with van der Waals surface area (Å²) in [6.45, 7) is 1.24. The summed E-state index contributed by atoms with van der Waals surface area (Å²) in [5.74, 6) is -1.56. The van der Waals surface area contributed by atoms with Crippen molar-refractivity contribution in [2.24, 2.45) is 0 Å². The van der Waals surface area contributed by atoms with Crippen molar-refractivity contribution in [2.75, 3.05) is 13.7 Å². The number of alkyl halides is 3. The third-order valence-electron chi connectivity index (χ3n) is 4.14. The second-order valence-electron chi connectivity index (χ2n) is 5.98. The molecule has 28 heavy (non-hydrogen) atoms. The number of methoxy groups -OCH3 is 1. The van der Waals surface area contributed by atoms with E-state index in [0.717, 1.165) is 10.9 Å². The van der Waals surface area contributed by atoms with Gasteiger partial charge in [-0.2, -0.15) is 18.2 Å². The van der Waals surface area contributed by atoms with Gasteiger partial charge in [0.05, 0.1) is 23.5 Å². The van der Waals surface area contributed by atoms with Crippen LogP contribution in [0, 0.1) is 0 Å². The predicted octanol–water partition coefficient (Wildman–Crippen LogP) is 3.81. The van der Waals surface area contributed by atoms with E-state index in [2.05, 4.69) is 24.6 Å². The molecule has 0 N–H and O–H groups in total. The smallest absolute Gasteiger partial charge is 0.383 e. The number of ether oxygens (including phenoxy) is 1. The van der Waals surface area contributed by atoms with Crippen LogP contribution in [0.4, 0.5) is 13.2 Å². The Labute approximate surface area is 156 Å². The van der Waals surface area contributed by atoms with Gasteiger partial charge in [0.2, 0.25) is 5.82 Å². The average Bonchev–Trinajstić information content (AvgIpc) is 3.33. The highest BCUT2D eigenvalue weighted by Crippen LogP contribution is 2.30. The van der Waals surface area contributed by atoms with Crippen molar-refractivity contribution < 1.29 is 22.4 Å². The maximum Gasteiger partial charge on any atom is 0.471 e. The zero-order chi connectivity index (χ0) is 19.7. The van der Waals surface area contributed by atoms with E-state index in [0.29, 0.717) is 30.1 Å². The highest BCUT2D eigenvalue weighted by molar-refractivity contribution is 5.83. The van der Waals surface area contributed by atoms with E-state index in [1.807, 2.05) is 22.9 Å². The number of pyridine rings is 2. The summed E-state index contributed by atoms with van der Waals surface area (Å²) in [4.78, 5) is 12.1. The predicted molar refractivity (Wildman–Crippen MR) is 93.1 cm³/mol. The van der Waals surface area contributed by atoms with Crippen LogP contribution in [0.2, 0.25) is 0 Å². The fourth-order valence-electron chi connectivity index (χ4n) is 2.77. The van der Waals surface area contributed by atoms with Crippen LogP contribution >= 0.6 is 0 Å². The SMILES string of the molecule is COCCn1ccc2cnc(-c3cc(-c4noc(C(F)(F)F)n4)ccn3)cc21. The fourth-order valence-corrected chi connectivity index (χ4v) is 2.77. The Balaban J connectivity index is 1.70. The number of hydrogen-bond donors (Lipinski definition) is 0. The summed E-state index contributed by atoms with van der Waals surface area (Å²) in [6, 6.07) is 6.90. The lowest BCUT2D eigenvalue weighted by Gasteiger charge is -2.06. The average molecular weight is 389 g/mol. The summed E-state index contributed by atoms with van der Waals surface area (Å²) in [6.07, 6.45) is 0.431. The van der Waals surface area contributed by atoms with Crippen molar-refractivity contribution in [3.63, 3.8) is 0 Å². The molecule has 4 rings (SSSR count). The topological polar surface area (TPSA) is 78.9 Å². The standard InChI is InChI=1S/C18H14F3N5O2/c1-27-7-6-26-5-3-12-10-23-14(9-15(12)26)13-8-11(2-4-22-13)16-24-17(28-25-16)18(19,20)21/h2-5,8-10H,6-7H2,1H3. The first-order chi connectivity index (χ1) is 13.5. The van der Waals surface area contributed by atoms with Gasteiger partial charge in [0.15, 0.2) is 0 Å². The molecule has 0 atom stereocenters. The van der Waals surface area contributed by atoms with Crippen LogP contribution in [0.5, 0.6) is 0 Å². The Morgan fingerprint density at radius 1 is 1.14 bits per heavy atom. The van der Waals surface area contributed by atoms with E-state index in [-0.39, 0.29) is 5.82 Å². The molecule has 0 spiro atoms. The summed E-state index contributed by atoms with van der Waals surface area (Å²) in [7, 11) is 1.64. The number of halogens is 3.